The molecule has 2 fully saturated rings. The fourth-order valence-electron chi connectivity index (χ4n) is 3.55. The van der Waals surface area contributed by atoms with Crippen LogP contribution in [0.2, 0.25) is 0 Å². The molecule has 0 aromatic carbocycles. The molecule has 1 saturated carbocycles. The van der Waals surface area contributed by atoms with Gasteiger partial charge < -0.3 is 15.0 Å². The first-order valence-electron chi connectivity index (χ1n) is 9.19. The SMILES string of the molecule is N#Cc1nccnc1OC1CCCN(C(=O)NC2CCCCCC2)C1. The molecule has 7 nitrogen and oxygen atoms in total. The topological polar surface area (TPSA) is 91.1 Å². The Bertz CT molecular complexity index is 622. The number of nitrogens with one attached hydrogen (secondary N) is 1. The van der Waals surface area contributed by atoms with Crippen molar-refractivity contribution in [1.29, 1.82) is 5.26 Å². The number of ether oxygens (including phenoxy) is 1. The van der Waals surface area contributed by atoms with Crippen LogP contribution < -0.4 is 10.1 Å². The molecule has 0 spiro atoms. The molecule has 1 aliphatic carbocycles. The van der Waals surface area contributed by atoms with Gasteiger partial charge in [-0.3, -0.25) is 0 Å². The van der Waals surface area contributed by atoms with E-state index in [1.165, 1.54) is 38.1 Å². The highest BCUT2D eigenvalue weighted by molar-refractivity contribution is 5.74. The van der Waals surface area contributed by atoms with E-state index in [-0.39, 0.29) is 23.7 Å². The summed E-state index contributed by atoms with van der Waals surface area (Å²) < 4.78 is 5.85. The second-order valence-electron chi connectivity index (χ2n) is 6.79. The van der Waals surface area contributed by atoms with Crippen LogP contribution in [0.3, 0.4) is 0 Å². The predicted molar refractivity (Wildman–Crippen MR) is 92.0 cm³/mol. The molecule has 25 heavy (non-hydrogen) atoms. The van der Waals surface area contributed by atoms with Gasteiger partial charge in [-0.25, -0.2) is 14.8 Å². The molecule has 1 saturated heterocycles. The quantitative estimate of drug-likeness (QED) is 0.852. The molecule has 1 aromatic rings. The molecule has 2 heterocycles. The van der Waals surface area contributed by atoms with Crippen molar-refractivity contribution in [1.82, 2.24) is 20.2 Å². The first-order valence-corrected chi connectivity index (χ1v) is 9.19. The number of hydrogen-bond acceptors (Lipinski definition) is 5. The van der Waals surface area contributed by atoms with Crippen LogP contribution in [0.25, 0.3) is 0 Å². The number of hydrogen-bond donors (Lipinski definition) is 1. The van der Waals surface area contributed by atoms with Crippen LogP contribution in [-0.2, 0) is 0 Å². The van der Waals surface area contributed by atoms with Crippen LogP contribution in [0.1, 0.15) is 57.1 Å². The van der Waals surface area contributed by atoms with Crippen LogP contribution in [0.4, 0.5) is 4.79 Å². The van der Waals surface area contributed by atoms with Gasteiger partial charge in [0.25, 0.3) is 5.88 Å². The van der Waals surface area contributed by atoms with Gasteiger partial charge in [0.15, 0.2) is 0 Å². The molecule has 1 unspecified atom stereocenters. The monoisotopic (exact) mass is 343 g/mol. The number of piperidine rings is 1. The van der Waals surface area contributed by atoms with E-state index >= 15 is 0 Å². The number of carbonyl (C=O) groups is 1. The Morgan fingerprint density at radius 1 is 1.16 bits per heavy atom. The van der Waals surface area contributed by atoms with Gasteiger partial charge in [0.05, 0.1) is 6.54 Å². The average molecular weight is 343 g/mol. The smallest absolute Gasteiger partial charge is 0.317 e. The van der Waals surface area contributed by atoms with Crippen molar-refractivity contribution in [2.24, 2.45) is 0 Å². The molecule has 1 aromatic heterocycles. The summed E-state index contributed by atoms with van der Waals surface area (Å²) in [7, 11) is 0. The summed E-state index contributed by atoms with van der Waals surface area (Å²) in [6.07, 6.45) is 11.6. The van der Waals surface area contributed by atoms with E-state index in [0.717, 1.165) is 32.2 Å². The second kappa shape index (κ2) is 8.65. The highest BCUT2D eigenvalue weighted by Gasteiger charge is 2.27. The highest BCUT2D eigenvalue weighted by atomic mass is 16.5. The Labute approximate surface area is 148 Å². The minimum atomic E-state index is -0.155. The van der Waals surface area contributed by atoms with Gasteiger partial charge in [0.2, 0.25) is 5.69 Å². The molecule has 1 atom stereocenters. The lowest BCUT2D eigenvalue weighted by molar-refractivity contribution is 0.0958. The third-order valence-electron chi connectivity index (χ3n) is 4.90. The molecule has 0 radical (unpaired) electrons. The van der Waals surface area contributed by atoms with E-state index in [1.807, 2.05) is 11.0 Å². The van der Waals surface area contributed by atoms with Crippen molar-refractivity contribution in [2.75, 3.05) is 13.1 Å². The fraction of sp³-hybridized carbons (Fsp3) is 0.667. The molecule has 1 N–H and O–H groups in total. The van der Waals surface area contributed by atoms with E-state index in [0.29, 0.717) is 12.6 Å². The minimum Gasteiger partial charge on any atom is -0.470 e. The molecule has 1 aliphatic heterocycles. The molecule has 2 amide bonds. The van der Waals surface area contributed by atoms with Gasteiger partial charge in [0, 0.05) is 25.0 Å². The van der Waals surface area contributed by atoms with Crippen molar-refractivity contribution in [3.63, 3.8) is 0 Å². The van der Waals surface area contributed by atoms with Gasteiger partial charge in [-0.05, 0) is 25.7 Å². The lowest BCUT2D eigenvalue weighted by Crippen LogP contribution is -2.51. The van der Waals surface area contributed by atoms with Crippen LogP contribution >= 0.6 is 0 Å². The lowest BCUT2D eigenvalue weighted by Gasteiger charge is -2.33. The van der Waals surface area contributed by atoms with Crippen LogP contribution in [0.15, 0.2) is 12.4 Å². The molecular formula is C18H25N5O2. The van der Waals surface area contributed by atoms with E-state index < -0.39 is 0 Å². The summed E-state index contributed by atoms with van der Waals surface area (Å²) in [5.41, 5.74) is 0.183. The number of likely N-dealkylation sites (tertiary alicyclic amines) is 1. The zero-order valence-corrected chi connectivity index (χ0v) is 14.5. The maximum atomic E-state index is 12.6. The fourth-order valence-corrected chi connectivity index (χ4v) is 3.55. The minimum absolute atomic E-state index is 0.000137. The standard InChI is InChI=1S/C18H25N5O2/c19-12-16-17(21-10-9-20-16)25-15-8-5-11-23(13-15)18(24)22-14-6-3-1-2-4-7-14/h9-10,14-15H,1-8,11,13H2,(H,22,24). The predicted octanol–water partition coefficient (Wildman–Crippen LogP) is 2.62. The number of carbonyl (C=O) groups excluding carboxylic acids is 1. The number of aromatic nitrogens is 2. The van der Waals surface area contributed by atoms with Crippen molar-refractivity contribution >= 4 is 6.03 Å². The lowest BCUT2D eigenvalue weighted by atomic mass is 10.1. The number of amides is 2. The molecule has 134 valence electrons. The maximum absolute atomic E-state index is 12.6. The van der Waals surface area contributed by atoms with Crippen molar-refractivity contribution in [2.45, 2.75) is 63.5 Å². The summed E-state index contributed by atoms with van der Waals surface area (Å²) in [4.78, 5) is 22.5. The Balaban J connectivity index is 1.55. The zero-order valence-electron chi connectivity index (χ0n) is 14.5. The van der Waals surface area contributed by atoms with Crippen molar-refractivity contribution in [3.05, 3.63) is 18.1 Å². The highest BCUT2D eigenvalue weighted by Crippen LogP contribution is 2.20. The third-order valence-corrected chi connectivity index (χ3v) is 4.90. The average Bonchev–Trinajstić information content (AvgIpc) is 2.91. The number of nitriles is 1. The molecule has 2 aliphatic rings. The van der Waals surface area contributed by atoms with Gasteiger partial charge in [-0.1, -0.05) is 25.7 Å². The van der Waals surface area contributed by atoms with Gasteiger partial charge in [0.1, 0.15) is 12.2 Å². The summed E-state index contributed by atoms with van der Waals surface area (Å²) in [5, 5.41) is 12.3. The number of nitrogens with zero attached hydrogens (tertiary/aromatic N) is 4. The van der Waals surface area contributed by atoms with Crippen LogP contribution in [0.5, 0.6) is 5.88 Å². The Kier molecular flexibility index (Phi) is 6.04. The number of rotatable bonds is 3. The molecular weight excluding hydrogens is 318 g/mol. The Morgan fingerprint density at radius 2 is 1.92 bits per heavy atom. The third kappa shape index (κ3) is 4.81. The van der Waals surface area contributed by atoms with E-state index in [4.69, 9.17) is 10.00 Å². The Hall–Kier alpha value is -2.36. The second-order valence-corrected chi connectivity index (χ2v) is 6.79. The molecule has 0 bridgehead atoms. The summed E-state index contributed by atoms with van der Waals surface area (Å²) in [5.74, 6) is 0.251. The van der Waals surface area contributed by atoms with E-state index in [1.54, 1.807) is 0 Å². The maximum Gasteiger partial charge on any atom is 0.317 e. The van der Waals surface area contributed by atoms with Gasteiger partial charge >= 0.3 is 6.03 Å². The zero-order chi connectivity index (χ0) is 17.5. The summed E-state index contributed by atoms with van der Waals surface area (Å²) >= 11 is 0. The van der Waals surface area contributed by atoms with Gasteiger partial charge in [-0.15, -0.1) is 0 Å². The summed E-state index contributed by atoms with van der Waals surface area (Å²) in [6.45, 7) is 1.25. The van der Waals surface area contributed by atoms with Crippen LogP contribution in [-0.4, -0.2) is 46.1 Å². The largest absolute Gasteiger partial charge is 0.470 e. The van der Waals surface area contributed by atoms with E-state index in [9.17, 15) is 4.79 Å². The molecule has 3 rings (SSSR count). The van der Waals surface area contributed by atoms with Gasteiger partial charge in [-0.2, -0.15) is 5.26 Å². The van der Waals surface area contributed by atoms with Crippen LogP contribution in [0, 0.1) is 11.3 Å². The van der Waals surface area contributed by atoms with Crippen molar-refractivity contribution in [3.8, 4) is 11.9 Å². The number of urea groups is 1. The first-order chi connectivity index (χ1) is 12.3. The summed E-state index contributed by atoms with van der Waals surface area (Å²) in [6, 6.07) is 2.28. The van der Waals surface area contributed by atoms with E-state index in [2.05, 4.69) is 15.3 Å². The van der Waals surface area contributed by atoms with Crippen molar-refractivity contribution < 1.29 is 9.53 Å². The first kappa shape index (κ1) is 17.5. The normalized spacial score (nSPS) is 21.9. The molecule has 7 heteroatoms. The Morgan fingerprint density at radius 3 is 2.68 bits per heavy atom.